The lowest BCUT2D eigenvalue weighted by atomic mass is 9.91. The van der Waals surface area contributed by atoms with E-state index in [0.717, 1.165) is 6.54 Å². The Kier molecular flexibility index (Phi) is 4.18. The Hall–Kier alpha value is -0.870. The lowest BCUT2D eigenvalue weighted by Gasteiger charge is -2.31. The summed E-state index contributed by atoms with van der Waals surface area (Å²) >= 11 is 0. The number of hydrogen-bond acceptors (Lipinski definition) is 3. The number of likely N-dealkylation sites (tertiary alicyclic amines) is 1. The second-order valence-corrected chi connectivity index (χ2v) is 5.19. The van der Waals surface area contributed by atoms with Crippen LogP contribution in [0.3, 0.4) is 0 Å². The van der Waals surface area contributed by atoms with Crippen LogP contribution in [0.1, 0.15) is 30.9 Å². The quantitative estimate of drug-likeness (QED) is 0.861. The average molecular weight is 236 g/mol. The zero-order valence-electron chi connectivity index (χ0n) is 11.2. The fraction of sp³-hybridized carbons (Fsp3) is 0.769. The highest BCUT2D eigenvalue weighted by Crippen LogP contribution is 2.33. The summed E-state index contributed by atoms with van der Waals surface area (Å²) in [6, 6.07) is 0.513. The highest BCUT2D eigenvalue weighted by molar-refractivity contribution is 5.12. The summed E-state index contributed by atoms with van der Waals surface area (Å²) in [6.45, 7) is 2.28. The molecule has 2 atom stereocenters. The highest BCUT2D eigenvalue weighted by atomic mass is 15.2. The van der Waals surface area contributed by atoms with E-state index in [4.69, 9.17) is 0 Å². The van der Waals surface area contributed by atoms with Crippen LogP contribution in [0.2, 0.25) is 0 Å². The fourth-order valence-electron chi connectivity index (χ4n) is 3.02. The number of aromatic nitrogens is 2. The summed E-state index contributed by atoms with van der Waals surface area (Å²) in [7, 11) is 6.28. The molecule has 0 aliphatic carbocycles. The first kappa shape index (κ1) is 12.6. The minimum absolute atomic E-state index is 0.513. The van der Waals surface area contributed by atoms with Crippen molar-refractivity contribution in [2.45, 2.75) is 25.3 Å². The lowest BCUT2D eigenvalue weighted by Crippen LogP contribution is -2.33. The normalized spacial score (nSPS) is 27.0. The molecule has 1 aliphatic rings. The lowest BCUT2D eigenvalue weighted by molar-refractivity contribution is 0.191. The summed E-state index contributed by atoms with van der Waals surface area (Å²) in [5, 5.41) is 7.66. The molecule has 1 fully saturated rings. The molecule has 4 nitrogen and oxygen atoms in total. The monoisotopic (exact) mass is 236 g/mol. The van der Waals surface area contributed by atoms with Gasteiger partial charge in [-0.1, -0.05) is 6.42 Å². The topological polar surface area (TPSA) is 33.1 Å². The van der Waals surface area contributed by atoms with Gasteiger partial charge >= 0.3 is 0 Å². The van der Waals surface area contributed by atoms with Crippen LogP contribution in [0, 0.1) is 5.92 Å². The molecule has 0 aromatic carbocycles. The van der Waals surface area contributed by atoms with Crippen LogP contribution < -0.4 is 5.32 Å². The number of nitrogens with zero attached hydrogens (tertiary/aromatic N) is 3. The van der Waals surface area contributed by atoms with E-state index in [2.05, 4.69) is 28.6 Å². The van der Waals surface area contributed by atoms with Crippen molar-refractivity contribution in [3.05, 3.63) is 18.0 Å². The zero-order valence-corrected chi connectivity index (χ0v) is 11.2. The smallest absolute Gasteiger partial charge is 0.0537 e. The Morgan fingerprint density at radius 1 is 1.41 bits per heavy atom. The van der Waals surface area contributed by atoms with Crippen LogP contribution in [-0.2, 0) is 7.05 Å². The van der Waals surface area contributed by atoms with Crippen molar-refractivity contribution in [1.82, 2.24) is 20.0 Å². The van der Waals surface area contributed by atoms with Gasteiger partial charge in [-0.25, -0.2) is 0 Å². The Morgan fingerprint density at radius 2 is 2.24 bits per heavy atom. The molecule has 2 heterocycles. The van der Waals surface area contributed by atoms with Gasteiger partial charge in [-0.05, 0) is 45.9 Å². The van der Waals surface area contributed by atoms with E-state index in [1.165, 1.54) is 31.4 Å². The van der Waals surface area contributed by atoms with Crippen LogP contribution in [-0.4, -0.2) is 41.9 Å². The second-order valence-electron chi connectivity index (χ2n) is 5.19. The highest BCUT2D eigenvalue weighted by Gasteiger charge is 2.29. The first-order valence-electron chi connectivity index (χ1n) is 6.55. The van der Waals surface area contributed by atoms with Crippen molar-refractivity contribution in [3.8, 4) is 0 Å². The van der Waals surface area contributed by atoms with Gasteiger partial charge in [-0.2, -0.15) is 5.10 Å². The third kappa shape index (κ3) is 2.87. The number of nitrogens with one attached hydrogen (secondary N) is 1. The zero-order chi connectivity index (χ0) is 12.3. The maximum atomic E-state index is 4.32. The van der Waals surface area contributed by atoms with Crippen LogP contribution >= 0.6 is 0 Å². The van der Waals surface area contributed by atoms with E-state index >= 15 is 0 Å². The summed E-state index contributed by atoms with van der Waals surface area (Å²) in [5.41, 5.74) is 1.36. The summed E-state index contributed by atoms with van der Waals surface area (Å²) in [5.74, 6) is 0.691. The molecule has 0 bridgehead atoms. The molecular formula is C13H24N4. The van der Waals surface area contributed by atoms with Crippen LogP contribution in [0.5, 0.6) is 0 Å². The van der Waals surface area contributed by atoms with Gasteiger partial charge in [-0.15, -0.1) is 0 Å². The van der Waals surface area contributed by atoms with Crippen LogP contribution in [0.25, 0.3) is 0 Å². The Balaban J connectivity index is 2.22. The maximum absolute atomic E-state index is 4.32. The van der Waals surface area contributed by atoms with Crippen molar-refractivity contribution in [2.75, 3.05) is 27.2 Å². The largest absolute Gasteiger partial charge is 0.319 e. The SMILES string of the molecule is CNCC1CCCCN(C)C1c1cnn(C)c1. The summed E-state index contributed by atoms with van der Waals surface area (Å²) in [4.78, 5) is 2.49. The van der Waals surface area contributed by atoms with Crippen molar-refractivity contribution in [2.24, 2.45) is 13.0 Å². The van der Waals surface area contributed by atoms with Gasteiger partial charge in [0.15, 0.2) is 0 Å². The molecule has 2 rings (SSSR count). The van der Waals surface area contributed by atoms with Crippen molar-refractivity contribution < 1.29 is 0 Å². The molecule has 0 radical (unpaired) electrons. The predicted molar refractivity (Wildman–Crippen MR) is 69.8 cm³/mol. The maximum Gasteiger partial charge on any atom is 0.0537 e. The van der Waals surface area contributed by atoms with Crippen molar-refractivity contribution in [3.63, 3.8) is 0 Å². The summed E-state index contributed by atoms with van der Waals surface area (Å²) in [6.07, 6.45) is 8.15. The minimum Gasteiger partial charge on any atom is -0.319 e. The molecule has 4 heteroatoms. The van der Waals surface area contributed by atoms with Crippen molar-refractivity contribution in [1.29, 1.82) is 0 Å². The molecule has 1 saturated heterocycles. The van der Waals surface area contributed by atoms with Gasteiger partial charge < -0.3 is 5.32 Å². The average Bonchev–Trinajstić information content (AvgIpc) is 2.62. The third-order valence-electron chi connectivity index (χ3n) is 3.79. The predicted octanol–water partition coefficient (Wildman–Crippen LogP) is 1.41. The number of aryl methyl sites for hydroxylation is 1. The van der Waals surface area contributed by atoms with E-state index < -0.39 is 0 Å². The van der Waals surface area contributed by atoms with E-state index in [9.17, 15) is 0 Å². The molecule has 2 unspecified atom stereocenters. The van der Waals surface area contributed by atoms with Gasteiger partial charge in [0.2, 0.25) is 0 Å². The number of hydrogen-bond donors (Lipinski definition) is 1. The van der Waals surface area contributed by atoms with Crippen LogP contribution in [0.15, 0.2) is 12.4 Å². The number of rotatable bonds is 3. The molecule has 0 spiro atoms. The first-order valence-corrected chi connectivity index (χ1v) is 6.55. The molecule has 0 amide bonds. The first-order chi connectivity index (χ1) is 8.22. The second kappa shape index (κ2) is 5.65. The van der Waals surface area contributed by atoms with E-state index in [0.29, 0.717) is 12.0 Å². The summed E-state index contributed by atoms with van der Waals surface area (Å²) < 4.78 is 1.91. The Labute approximate surface area is 104 Å². The van der Waals surface area contributed by atoms with Gasteiger partial charge in [0.25, 0.3) is 0 Å². The van der Waals surface area contributed by atoms with Gasteiger partial charge in [-0.3, -0.25) is 9.58 Å². The molecule has 96 valence electrons. The molecular weight excluding hydrogens is 212 g/mol. The molecule has 1 N–H and O–H groups in total. The van der Waals surface area contributed by atoms with Gasteiger partial charge in [0, 0.05) is 24.8 Å². The molecule has 17 heavy (non-hydrogen) atoms. The fourth-order valence-corrected chi connectivity index (χ4v) is 3.02. The Bertz CT molecular complexity index is 347. The van der Waals surface area contributed by atoms with E-state index in [1.54, 1.807) is 0 Å². The standard InChI is InChI=1S/C13H24N4/c1-14-8-11-6-4-5-7-16(2)13(11)12-9-15-17(3)10-12/h9-11,13-14H,4-8H2,1-3H3. The molecule has 1 aromatic heterocycles. The van der Waals surface area contributed by atoms with E-state index in [1.807, 2.05) is 25.0 Å². The molecule has 0 saturated carbocycles. The molecule has 1 aromatic rings. The minimum atomic E-state index is 0.513. The van der Waals surface area contributed by atoms with Gasteiger partial charge in [0.05, 0.1) is 6.20 Å². The third-order valence-corrected chi connectivity index (χ3v) is 3.79. The molecule has 1 aliphatic heterocycles. The Morgan fingerprint density at radius 3 is 2.88 bits per heavy atom. The van der Waals surface area contributed by atoms with Crippen molar-refractivity contribution >= 4 is 0 Å². The van der Waals surface area contributed by atoms with Crippen LogP contribution in [0.4, 0.5) is 0 Å². The van der Waals surface area contributed by atoms with E-state index in [-0.39, 0.29) is 0 Å². The van der Waals surface area contributed by atoms with Gasteiger partial charge in [0.1, 0.15) is 0 Å².